The summed E-state index contributed by atoms with van der Waals surface area (Å²) in [6.07, 6.45) is 10.7. The zero-order valence-corrected chi connectivity index (χ0v) is 15.6. The maximum atomic E-state index is 4.83. The van der Waals surface area contributed by atoms with Crippen LogP contribution in [-0.2, 0) is 0 Å². The van der Waals surface area contributed by atoms with E-state index in [-0.39, 0.29) is 0 Å². The average molecular weight is 390 g/mol. The van der Waals surface area contributed by atoms with Gasteiger partial charge in [-0.2, -0.15) is 5.10 Å². The third-order valence-corrected chi connectivity index (χ3v) is 4.97. The van der Waals surface area contributed by atoms with Crippen LogP contribution in [0.15, 0.2) is 73.6 Å². The molecule has 0 fully saturated rings. The molecule has 0 aromatic carbocycles. The highest BCUT2D eigenvalue weighted by atomic mass is 15.2. The van der Waals surface area contributed by atoms with Crippen LogP contribution in [0.1, 0.15) is 0 Å². The van der Waals surface area contributed by atoms with Gasteiger partial charge in [-0.05, 0) is 24.3 Å². The van der Waals surface area contributed by atoms with Gasteiger partial charge in [0.1, 0.15) is 11.2 Å². The minimum absolute atomic E-state index is 0.645. The highest BCUT2D eigenvalue weighted by Crippen LogP contribution is 2.31. The first kappa shape index (κ1) is 16.5. The fourth-order valence-corrected chi connectivity index (χ4v) is 3.53. The molecule has 0 aliphatic carbocycles. The van der Waals surface area contributed by atoms with Gasteiger partial charge in [0, 0.05) is 47.7 Å². The quantitative estimate of drug-likeness (QED) is 0.472. The average Bonchev–Trinajstić information content (AvgIpc) is 3.43. The first-order chi connectivity index (χ1) is 14.9. The zero-order valence-electron chi connectivity index (χ0n) is 15.6. The Morgan fingerprint density at radius 3 is 2.67 bits per heavy atom. The lowest BCUT2D eigenvalue weighted by molar-refractivity contribution is 1.09. The van der Waals surface area contributed by atoms with Crippen molar-refractivity contribution < 1.29 is 0 Å². The molecule has 0 amide bonds. The molecular weight excluding hydrogens is 376 g/mol. The number of nitrogens with one attached hydrogen (secondary N) is 2. The third-order valence-electron chi connectivity index (χ3n) is 4.97. The minimum Gasteiger partial charge on any atom is -0.335 e. The van der Waals surface area contributed by atoms with Crippen LogP contribution in [0.5, 0.6) is 0 Å². The molecule has 8 heteroatoms. The summed E-state index contributed by atoms with van der Waals surface area (Å²) in [5.41, 5.74) is 6.65. The number of rotatable bonds is 3. The fraction of sp³-hybridized carbons (Fsp3) is 0. The van der Waals surface area contributed by atoms with Crippen LogP contribution in [0.25, 0.3) is 56.0 Å². The van der Waals surface area contributed by atoms with Crippen LogP contribution in [0.2, 0.25) is 0 Å². The SMILES string of the molecule is c1ccc(-c2cncc3[nH]c(-c4n[nH]c5ncc(-c6cccnc6)cc45)nc23)nc1. The molecule has 0 radical (unpaired) electrons. The highest BCUT2D eigenvalue weighted by Gasteiger charge is 2.17. The second-order valence-electron chi connectivity index (χ2n) is 6.82. The number of nitrogens with zero attached hydrogens (tertiary/aromatic N) is 6. The van der Waals surface area contributed by atoms with Gasteiger partial charge in [0.15, 0.2) is 11.5 Å². The predicted octanol–water partition coefficient (Wildman–Crippen LogP) is 4.02. The molecule has 6 heterocycles. The van der Waals surface area contributed by atoms with Crippen molar-refractivity contribution in [1.29, 1.82) is 0 Å². The van der Waals surface area contributed by atoms with E-state index in [0.717, 1.165) is 38.8 Å². The molecule has 6 aromatic heterocycles. The monoisotopic (exact) mass is 390 g/mol. The van der Waals surface area contributed by atoms with Gasteiger partial charge in [0.2, 0.25) is 0 Å². The highest BCUT2D eigenvalue weighted by molar-refractivity contribution is 5.96. The van der Waals surface area contributed by atoms with E-state index in [1.54, 1.807) is 24.8 Å². The first-order valence-electron chi connectivity index (χ1n) is 9.37. The third kappa shape index (κ3) is 2.62. The van der Waals surface area contributed by atoms with E-state index in [9.17, 15) is 0 Å². The summed E-state index contributed by atoms with van der Waals surface area (Å²) in [5, 5.41) is 8.33. The van der Waals surface area contributed by atoms with Crippen molar-refractivity contribution in [2.24, 2.45) is 0 Å². The van der Waals surface area contributed by atoms with Gasteiger partial charge < -0.3 is 4.98 Å². The Morgan fingerprint density at radius 1 is 0.800 bits per heavy atom. The number of aromatic amines is 2. The molecule has 30 heavy (non-hydrogen) atoms. The van der Waals surface area contributed by atoms with Crippen LogP contribution in [0.3, 0.4) is 0 Å². The summed E-state index contributed by atoms with van der Waals surface area (Å²) in [7, 11) is 0. The van der Waals surface area contributed by atoms with Crippen LogP contribution in [0, 0.1) is 0 Å². The number of pyridine rings is 4. The maximum Gasteiger partial charge on any atom is 0.159 e. The van der Waals surface area contributed by atoms with Crippen molar-refractivity contribution in [3.05, 3.63) is 73.6 Å². The van der Waals surface area contributed by atoms with Crippen LogP contribution < -0.4 is 0 Å². The summed E-state index contributed by atoms with van der Waals surface area (Å²) in [6.45, 7) is 0. The van der Waals surface area contributed by atoms with E-state index in [4.69, 9.17) is 4.98 Å². The summed E-state index contributed by atoms with van der Waals surface area (Å²) in [4.78, 5) is 25.6. The molecule has 0 saturated carbocycles. The van der Waals surface area contributed by atoms with Gasteiger partial charge in [-0.25, -0.2) is 9.97 Å². The summed E-state index contributed by atoms with van der Waals surface area (Å²) in [5.74, 6) is 0.645. The smallest absolute Gasteiger partial charge is 0.159 e. The lowest BCUT2D eigenvalue weighted by atomic mass is 10.1. The van der Waals surface area contributed by atoms with Crippen molar-refractivity contribution in [3.8, 4) is 33.9 Å². The molecule has 0 aliphatic rings. The van der Waals surface area contributed by atoms with Gasteiger partial charge >= 0.3 is 0 Å². The normalized spacial score (nSPS) is 11.3. The number of H-pyrrole nitrogens is 2. The summed E-state index contributed by atoms with van der Waals surface area (Å²) in [6, 6.07) is 11.7. The molecule has 6 aromatic rings. The van der Waals surface area contributed by atoms with Gasteiger partial charge in [0.05, 0.1) is 22.8 Å². The largest absolute Gasteiger partial charge is 0.335 e. The van der Waals surface area contributed by atoms with Gasteiger partial charge in [-0.3, -0.25) is 20.1 Å². The fourth-order valence-electron chi connectivity index (χ4n) is 3.53. The molecule has 6 rings (SSSR count). The van der Waals surface area contributed by atoms with Crippen molar-refractivity contribution >= 4 is 22.1 Å². The molecule has 142 valence electrons. The number of aromatic nitrogens is 8. The Labute approximate surface area is 170 Å². The maximum absolute atomic E-state index is 4.83. The minimum atomic E-state index is 0.645. The number of hydrogen-bond acceptors (Lipinski definition) is 6. The van der Waals surface area contributed by atoms with Gasteiger partial charge in [-0.15, -0.1) is 0 Å². The molecule has 0 unspecified atom stereocenters. The van der Waals surface area contributed by atoms with E-state index in [1.807, 2.05) is 48.8 Å². The lowest BCUT2D eigenvalue weighted by Gasteiger charge is -2.00. The Balaban J connectivity index is 1.52. The van der Waals surface area contributed by atoms with E-state index < -0.39 is 0 Å². The Morgan fingerprint density at radius 2 is 1.80 bits per heavy atom. The molecule has 0 bridgehead atoms. The number of fused-ring (bicyclic) bond motifs is 2. The number of imidazole rings is 1. The van der Waals surface area contributed by atoms with Crippen molar-refractivity contribution in [3.63, 3.8) is 0 Å². The Hall–Kier alpha value is -4.46. The van der Waals surface area contributed by atoms with E-state index in [0.29, 0.717) is 17.2 Å². The molecule has 2 N–H and O–H groups in total. The lowest BCUT2D eigenvalue weighted by Crippen LogP contribution is -1.86. The Kier molecular flexibility index (Phi) is 3.60. The molecule has 0 aliphatic heterocycles. The second-order valence-corrected chi connectivity index (χ2v) is 6.82. The molecule has 0 atom stereocenters. The van der Waals surface area contributed by atoms with Crippen molar-refractivity contribution in [2.45, 2.75) is 0 Å². The summed E-state index contributed by atoms with van der Waals surface area (Å²) >= 11 is 0. The van der Waals surface area contributed by atoms with Crippen molar-refractivity contribution in [1.82, 2.24) is 40.1 Å². The first-order valence-corrected chi connectivity index (χ1v) is 9.37. The number of hydrogen-bond donors (Lipinski definition) is 2. The predicted molar refractivity (Wildman–Crippen MR) is 113 cm³/mol. The van der Waals surface area contributed by atoms with Crippen LogP contribution >= 0.6 is 0 Å². The van der Waals surface area contributed by atoms with E-state index in [2.05, 4.69) is 35.1 Å². The van der Waals surface area contributed by atoms with Gasteiger partial charge in [-0.1, -0.05) is 12.1 Å². The van der Waals surface area contributed by atoms with E-state index >= 15 is 0 Å². The Bertz CT molecular complexity index is 1490. The molecule has 8 nitrogen and oxygen atoms in total. The zero-order chi connectivity index (χ0) is 19.9. The van der Waals surface area contributed by atoms with Gasteiger partial charge in [0.25, 0.3) is 0 Å². The van der Waals surface area contributed by atoms with Crippen LogP contribution in [0.4, 0.5) is 0 Å². The second kappa shape index (κ2) is 6.56. The molecule has 0 spiro atoms. The standard InChI is InChI=1S/C22H14N8/c1-2-7-25-17(5-1)16-11-24-12-18-19(16)28-22(27-18)20-15-8-14(10-26-21(15)30-29-20)13-4-3-6-23-9-13/h1-12H,(H,27,28)(H,26,29,30). The summed E-state index contributed by atoms with van der Waals surface area (Å²) < 4.78 is 0. The topological polar surface area (TPSA) is 109 Å². The van der Waals surface area contributed by atoms with Crippen molar-refractivity contribution in [2.75, 3.05) is 0 Å². The van der Waals surface area contributed by atoms with Crippen LogP contribution in [-0.4, -0.2) is 40.1 Å². The van der Waals surface area contributed by atoms with E-state index in [1.165, 1.54) is 0 Å². The molecular formula is C22H14N8. The molecule has 0 saturated heterocycles.